The molecule has 0 fully saturated rings. The lowest BCUT2D eigenvalue weighted by molar-refractivity contribution is -0.384. The van der Waals surface area contributed by atoms with Gasteiger partial charge in [0.05, 0.1) is 39.7 Å². The van der Waals surface area contributed by atoms with Crippen molar-refractivity contribution in [1.29, 1.82) is 0 Å². The maximum absolute atomic E-state index is 12.0. The molecule has 134 valence electrons. The third kappa shape index (κ3) is 3.39. The van der Waals surface area contributed by atoms with Gasteiger partial charge in [0.1, 0.15) is 5.82 Å². The molecule has 0 bridgehead atoms. The van der Waals surface area contributed by atoms with Gasteiger partial charge in [-0.25, -0.2) is 9.78 Å². The highest BCUT2D eigenvalue weighted by molar-refractivity contribution is 6.31. The van der Waals surface area contributed by atoms with Crippen LogP contribution in [0.2, 0.25) is 5.02 Å². The highest BCUT2D eigenvalue weighted by Crippen LogP contribution is 2.26. The summed E-state index contributed by atoms with van der Waals surface area (Å²) >= 11 is 6.20. The Hall–Kier alpha value is -2.93. The number of rotatable bonds is 5. The molecule has 0 spiro atoms. The van der Waals surface area contributed by atoms with Crippen LogP contribution in [0.5, 0.6) is 0 Å². The van der Waals surface area contributed by atoms with Crippen LogP contribution in [0.3, 0.4) is 0 Å². The first kappa shape index (κ1) is 17.9. The molecule has 0 aliphatic heterocycles. The summed E-state index contributed by atoms with van der Waals surface area (Å²) in [5, 5.41) is 11.2. The van der Waals surface area contributed by atoms with Crippen molar-refractivity contribution >= 4 is 34.3 Å². The molecular formula is C18H16ClN3O4. The normalized spacial score (nSPS) is 10.9. The number of hydrogen-bond acceptors (Lipinski definition) is 5. The molecule has 3 rings (SSSR count). The van der Waals surface area contributed by atoms with E-state index in [1.807, 2.05) is 11.5 Å². The Balaban J connectivity index is 2.02. The first-order valence-corrected chi connectivity index (χ1v) is 8.35. The quantitative estimate of drug-likeness (QED) is 0.381. The number of hydrogen-bond donors (Lipinski definition) is 0. The Morgan fingerprint density at radius 2 is 2.08 bits per heavy atom. The highest BCUT2D eigenvalue weighted by Gasteiger charge is 2.15. The van der Waals surface area contributed by atoms with E-state index < -0.39 is 10.9 Å². The fourth-order valence-corrected chi connectivity index (χ4v) is 2.97. The zero-order valence-electron chi connectivity index (χ0n) is 14.2. The number of nitro groups is 1. The number of imidazole rings is 1. The topological polar surface area (TPSA) is 87.3 Å². The second-order valence-electron chi connectivity index (χ2n) is 5.70. The summed E-state index contributed by atoms with van der Waals surface area (Å²) < 4.78 is 6.95. The molecule has 2 aromatic carbocycles. The van der Waals surface area contributed by atoms with E-state index >= 15 is 0 Å². The zero-order chi connectivity index (χ0) is 18.8. The van der Waals surface area contributed by atoms with E-state index in [4.69, 9.17) is 16.3 Å². The first-order chi connectivity index (χ1) is 12.4. The Morgan fingerprint density at radius 1 is 1.31 bits per heavy atom. The summed E-state index contributed by atoms with van der Waals surface area (Å²) in [6, 6.07) is 9.54. The summed E-state index contributed by atoms with van der Waals surface area (Å²) in [6.45, 7) is 4.28. The summed E-state index contributed by atoms with van der Waals surface area (Å²) in [7, 11) is 0. The fraction of sp³-hybridized carbons (Fsp3) is 0.222. The van der Waals surface area contributed by atoms with Crippen molar-refractivity contribution < 1.29 is 14.5 Å². The van der Waals surface area contributed by atoms with Crippen LogP contribution >= 0.6 is 11.6 Å². The van der Waals surface area contributed by atoms with Crippen molar-refractivity contribution in [2.45, 2.75) is 20.4 Å². The Kier molecular flexibility index (Phi) is 4.90. The monoisotopic (exact) mass is 373 g/mol. The fourth-order valence-electron chi connectivity index (χ4n) is 2.73. The number of fused-ring (bicyclic) bond motifs is 1. The molecule has 0 aliphatic carbocycles. The molecule has 0 N–H and O–H groups in total. The van der Waals surface area contributed by atoms with Crippen molar-refractivity contribution in [2.75, 3.05) is 6.61 Å². The maximum Gasteiger partial charge on any atom is 0.338 e. The minimum absolute atomic E-state index is 0.0597. The van der Waals surface area contributed by atoms with Crippen molar-refractivity contribution in [2.24, 2.45) is 0 Å². The van der Waals surface area contributed by atoms with Crippen LogP contribution in [-0.4, -0.2) is 27.1 Å². The van der Waals surface area contributed by atoms with E-state index in [0.717, 1.165) is 22.4 Å². The summed E-state index contributed by atoms with van der Waals surface area (Å²) in [5.74, 6) is 0.351. The van der Waals surface area contributed by atoms with E-state index in [9.17, 15) is 14.9 Å². The Labute approximate surface area is 154 Å². The smallest absolute Gasteiger partial charge is 0.338 e. The van der Waals surface area contributed by atoms with Crippen molar-refractivity contribution in [3.63, 3.8) is 0 Å². The van der Waals surface area contributed by atoms with Crippen LogP contribution in [-0.2, 0) is 11.3 Å². The molecule has 0 atom stereocenters. The minimum atomic E-state index is -0.487. The number of non-ortho nitro benzene ring substituents is 1. The molecule has 3 aromatic rings. The molecule has 1 aromatic heterocycles. The minimum Gasteiger partial charge on any atom is -0.462 e. The third-order valence-corrected chi connectivity index (χ3v) is 4.38. The SMILES string of the molecule is CCOC(=O)c1ccc2nc(C)n(Cc3ccc([N+](=O)[O-])cc3Cl)c2c1. The van der Waals surface area contributed by atoms with Crippen LogP contribution in [0.25, 0.3) is 11.0 Å². The lowest BCUT2D eigenvalue weighted by atomic mass is 10.1. The van der Waals surface area contributed by atoms with Crippen LogP contribution in [0.4, 0.5) is 5.69 Å². The van der Waals surface area contributed by atoms with Crippen LogP contribution in [0.15, 0.2) is 36.4 Å². The lowest BCUT2D eigenvalue weighted by Crippen LogP contribution is -2.06. The molecule has 0 radical (unpaired) electrons. The van der Waals surface area contributed by atoms with Crippen LogP contribution < -0.4 is 0 Å². The largest absolute Gasteiger partial charge is 0.462 e. The average Bonchev–Trinajstić information content (AvgIpc) is 2.91. The zero-order valence-corrected chi connectivity index (χ0v) is 15.0. The Bertz CT molecular complexity index is 1010. The van der Waals surface area contributed by atoms with Crippen LogP contribution in [0, 0.1) is 17.0 Å². The van der Waals surface area contributed by atoms with Gasteiger partial charge in [-0.2, -0.15) is 0 Å². The lowest BCUT2D eigenvalue weighted by Gasteiger charge is -2.09. The predicted octanol–water partition coefficient (Wildman–Crippen LogP) is 4.13. The van der Waals surface area contributed by atoms with E-state index in [1.165, 1.54) is 12.1 Å². The van der Waals surface area contributed by atoms with Gasteiger partial charge < -0.3 is 9.30 Å². The number of halogens is 1. The number of carbonyl (C=O) groups excluding carboxylic acids is 1. The van der Waals surface area contributed by atoms with Gasteiger partial charge in [-0.3, -0.25) is 10.1 Å². The molecule has 7 nitrogen and oxygen atoms in total. The van der Waals surface area contributed by atoms with Gasteiger partial charge in [0.15, 0.2) is 0 Å². The summed E-state index contributed by atoms with van der Waals surface area (Å²) in [6.07, 6.45) is 0. The van der Waals surface area contributed by atoms with Crippen molar-refractivity contribution in [3.05, 3.63) is 68.5 Å². The number of nitro benzene ring substituents is 1. The van der Waals surface area contributed by atoms with Crippen LogP contribution in [0.1, 0.15) is 28.7 Å². The molecule has 1 heterocycles. The molecule has 0 saturated carbocycles. The molecule has 0 amide bonds. The van der Waals surface area contributed by atoms with Gasteiger partial charge in [0.25, 0.3) is 5.69 Å². The number of benzene rings is 2. The van der Waals surface area contributed by atoms with E-state index in [2.05, 4.69) is 4.98 Å². The highest BCUT2D eigenvalue weighted by atomic mass is 35.5. The number of aromatic nitrogens is 2. The molecular weight excluding hydrogens is 358 g/mol. The Morgan fingerprint density at radius 3 is 2.73 bits per heavy atom. The number of nitrogens with zero attached hydrogens (tertiary/aromatic N) is 3. The molecule has 26 heavy (non-hydrogen) atoms. The number of esters is 1. The van der Waals surface area contributed by atoms with Gasteiger partial charge in [-0.05, 0) is 43.7 Å². The van der Waals surface area contributed by atoms with Gasteiger partial charge in [-0.15, -0.1) is 0 Å². The van der Waals surface area contributed by atoms with Crippen molar-refractivity contribution in [3.8, 4) is 0 Å². The number of carbonyl (C=O) groups is 1. The average molecular weight is 374 g/mol. The second kappa shape index (κ2) is 7.13. The predicted molar refractivity (Wildman–Crippen MR) is 97.6 cm³/mol. The molecule has 0 unspecified atom stereocenters. The van der Waals surface area contributed by atoms with Gasteiger partial charge in [-0.1, -0.05) is 11.6 Å². The maximum atomic E-state index is 12.0. The van der Waals surface area contributed by atoms with E-state index in [1.54, 1.807) is 31.2 Å². The number of ether oxygens (including phenoxy) is 1. The number of aryl methyl sites for hydroxylation is 1. The van der Waals surface area contributed by atoms with Gasteiger partial charge in [0, 0.05) is 12.1 Å². The van der Waals surface area contributed by atoms with Crippen molar-refractivity contribution in [1.82, 2.24) is 9.55 Å². The second-order valence-corrected chi connectivity index (χ2v) is 6.11. The molecule has 8 heteroatoms. The molecule has 0 saturated heterocycles. The standard InChI is InChI=1S/C18H16ClN3O4/c1-3-26-18(23)12-5-7-16-17(8-12)21(11(2)20-16)10-13-4-6-14(22(24)25)9-15(13)19/h4-9H,3,10H2,1-2H3. The van der Waals surface area contributed by atoms with E-state index in [-0.39, 0.29) is 5.69 Å². The van der Waals surface area contributed by atoms with Gasteiger partial charge in [0.2, 0.25) is 0 Å². The summed E-state index contributed by atoms with van der Waals surface area (Å²) in [5.41, 5.74) is 2.61. The summed E-state index contributed by atoms with van der Waals surface area (Å²) in [4.78, 5) is 26.8. The van der Waals surface area contributed by atoms with E-state index in [0.29, 0.717) is 23.7 Å². The van der Waals surface area contributed by atoms with Gasteiger partial charge >= 0.3 is 5.97 Å². The molecule has 0 aliphatic rings. The first-order valence-electron chi connectivity index (χ1n) is 7.97. The third-order valence-electron chi connectivity index (χ3n) is 4.03.